The van der Waals surface area contributed by atoms with Crippen molar-refractivity contribution in [2.75, 3.05) is 10.6 Å². The lowest BCUT2D eigenvalue weighted by atomic mass is 10.2. The summed E-state index contributed by atoms with van der Waals surface area (Å²) in [4.78, 5) is 23.8. The van der Waals surface area contributed by atoms with E-state index in [1.807, 2.05) is 37.3 Å². The molecule has 1 aliphatic carbocycles. The van der Waals surface area contributed by atoms with Crippen LogP contribution < -0.4 is 10.6 Å². The molecule has 0 radical (unpaired) electrons. The number of thioether (sulfide) groups is 1. The van der Waals surface area contributed by atoms with Crippen molar-refractivity contribution in [1.29, 1.82) is 0 Å². The first kappa shape index (κ1) is 20.2. The van der Waals surface area contributed by atoms with Gasteiger partial charge in [-0.1, -0.05) is 30.0 Å². The number of hydrogen-bond donors (Lipinski definition) is 2. The molecule has 0 bridgehead atoms. The van der Waals surface area contributed by atoms with E-state index in [1.54, 1.807) is 24.3 Å². The molecule has 154 valence electrons. The minimum Gasteiger partial charge on any atom is -0.326 e. The fourth-order valence-corrected chi connectivity index (χ4v) is 3.95. The zero-order valence-electron chi connectivity index (χ0n) is 16.8. The third kappa shape index (κ3) is 4.71. The van der Waals surface area contributed by atoms with E-state index in [9.17, 15) is 9.59 Å². The lowest BCUT2D eigenvalue weighted by Gasteiger charge is -2.14. The van der Waals surface area contributed by atoms with Crippen LogP contribution >= 0.6 is 11.8 Å². The highest BCUT2D eigenvalue weighted by Gasteiger charge is 2.31. The molecule has 0 spiro atoms. The van der Waals surface area contributed by atoms with Crippen molar-refractivity contribution in [3.63, 3.8) is 0 Å². The lowest BCUT2D eigenvalue weighted by Crippen LogP contribution is -2.23. The van der Waals surface area contributed by atoms with Gasteiger partial charge in [0, 0.05) is 29.9 Å². The fraction of sp³-hybridized carbons (Fsp3) is 0.273. The van der Waals surface area contributed by atoms with Crippen LogP contribution in [0.2, 0.25) is 0 Å². The van der Waals surface area contributed by atoms with Crippen LogP contribution in [-0.4, -0.2) is 31.8 Å². The van der Waals surface area contributed by atoms with Crippen molar-refractivity contribution >= 4 is 35.0 Å². The number of nitrogens with one attached hydrogen (secondary N) is 2. The second-order valence-corrected chi connectivity index (χ2v) is 8.60. The quantitative estimate of drug-likeness (QED) is 0.558. The molecule has 2 N–H and O–H groups in total. The maximum absolute atomic E-state index is 12.7. The van der Waals surface area contributed by atoms with Gasteiger partial charge < -0.3 is 10.6 Å². The van der Waals surface area contributed by atoms with Crippen molar-refractivity contribution in [3.05, 3.63) is 60.4 Å². The highest BCUT2D eigenvalue weighted by molar-refractivity contribution is 8.00. The summed E-state index contributed by atoms with van der Waals surface area (Å²) in [6.45, 7) is 3.31. The predicted molar refractivity (Wildman–Crippen MR) is 118 cm³/mol. The molecule has 2 aromatic carbocycles. The first-order valence-corrected chi connectivity index (χ1v) is 10.7. The van der Waals surface area contributed by atoms with Crippen LogP contribution in [0.15, 0.2) is 59.8 Å². The highest BCUT2D eigenvalue weighted by atomic mass is 32.2. The standard InChI is InChI=1S/C22H23N5O2S/c1-14(21(29)24-18-12-10-17(11-13-18)23-15(2)28)30-22-26-25-20(16-8-9-16)27(22)19-6-4-3-5-7-19/h3-7,10-14,16H,8-9H2,1-2H3,(H,23,28)(H,24,29)/t14-/m1/s1. The fourth-order valence-electron chi connectivity index (χ4n) is 3.08. The molecule has 3 aromatic rings. The average Bonchev–Trinajstić information content (AvgIpc) is 3.50. The van der Waals surface area contributed by atoms with Gasteiger partial charge in [-0.25, -0.2) is 0 Å². The van der Waals surface area contributed by atoms with Crippen molar-refractivity contribution in [3.8, 4) is 5.69 Å². The first-order valence-electron chi connectivity index (χ1n) is 9.87. The highest BCUT2D eigenvalue weighted by Crippen LogP contribution is 2.41. The monoisotopic (exact) mass is 421 g/mol. The normalized spacial score (nSPS) is 14.2. The summed E-state index contributed by atoms with van der Waals surface area (Å²) in [6.07, 6.45) is 2.25. The van der Waals surface area contributed by atoms with Crippen LogP contribution in [0, 0.1) is 0 Å². The van der Waals surface area contributed by atoms with Gasteiger partial charge >= 0.3 is 0 Å². The van der Waals surface area contributed by atoms with Gasteiger partial charge in [-0.3, -0.25) is 14.2 Å². The van der Waals surface area contributed by atoms with E-state index in [0.717, 1.165) is 24.4 Å². The number of anilines is 2. The zero-order valence-corrected chi connectivity index (χ0v) is 17.6. The second-order valence-electron chi connectivity index (χ2n) is 7.29. The van der Waals surface area contributed by atoms with Gasteiger partial charge in [-0.15, -0.1) is 10.2 Å². The molecule has 1 fully saturated rings. The maximum atomic E-state index is 12.7. The van der Waals surface area contributed by atoms with Gasteiger partial charge in [0.15, 0.2) is 5.16 Å². The molecule has 30 heavy (non-hydrogen) atoms. The second kappa shape index (κ2) is 8.71. The molecule has 0 saturated heterocycles. The summed E-state index contributed by atoms with van der Waals surface area (Å²) in [7, 11) is 0. The van der Waals surface area contributed by atoms with Crippen LogP contribution in [0.1, 0.15) is 38.4 Å². The largest absolute Gasteiger partial charge is 0.326 e. The molecular weight excluding hydrogens is 398 g/mol. The molecule has 0 unspecified atom stereocenters. The third-order valence-electron chi connectivity index (χ3n) is 4.74. The summed E-state index contributed by atoms with van der Waals surface area (Å²) in [5.74, 6) is 1.15. The molecule has 7 nitrogen and oxygen atoms in total. The Morgan fingerprint density at radius 2 is 1.63 bits per heavy atom. The Hall–Kier alpha value is -3.13. The van der Waals surface area contributed by atoms with Crippen molar-refractivity contribution in [2.45, 2.75) is 43.0 Å². The Morgan fingerprint density at radius 3 is 2.23 bits per heavy atom. The molecule has 1 heterocycles. The van der Waals surface area contributed by atoms with Crippen LogP contribution in [0.3, 0.4) is 0 Å². The first-order chi connectivity index (χ1) is 14.5. The van der Waals surface area contributed by atoms with E-state index in [0.29, 0.717) is 22.4 Å². The molecule has 1 aliphatic rings. The third-order valence-corrected chi connectivity index (χ3v) is 5.78. The summed E-state index contributed by atoms with van der Waals surface area (Å²) in [5.41, 5.74) is 2.37. The Labute approximate surface area is 179 Å². The van der Waals surface area contributed by atoms with Crippen LogP contribution in [-0.2, 0) is 9.59 Å². The van der Waals surface area contributed by atoms with E-state index in [2.05, 4.69) is 25.4 Å². The number of nitrogens with zero attached hydrogens (tertiary/aromatic N) is 3. The topological polar surface area (TPSA) is 88.9 Å². The lowest BCUT2D eigenvalue weighted by molar-refractivity contribution is -0.115. The SMILES string of the molecule is CC(=O)Nc1ccc(NC(=O)[C@@H](C)Sc2nnc(C3CC3)n2-c2ccccc2)cc1. The summed E-state index contributed by atoms with van der Waals surface area (Å²) < 4.78 is 2.06. The van der Waals surface area contributed by atoms with Gasteiger partial charge in [-0.05, 0) is 56.2 Å². The van der Waals surface area contributed by atoms with Gasteiger partial charge in [0.25, 0.3) is 0 Å². The number of rotatable bonds is 7. The molecule has 0 aliphatic heterocycles. The minimum atomic E-state index is -0.362. The van der Waals surface area contributed by atoms with Gasteiger partial charge in [0.2, 0.25) is 11.8 Å². The van der Waals surface area contributed by atoms with E-state index in [-0.39, 0.29) is 17.1 Å². The average molecular weight is 422 g/mol. The molecule has 1 aromatic heterocycles. The molecule has 4 rings (SSSR count). The number of hydrogen-bond acceptors (Lipinski definition) is 5. The minimum absolute atomic E-state index is 0.122. The van der Waals surface area contributed by atoms with E-state index >= 15 is 0 Å². The zero-order chi connectivity index (χ0) is 21.1. The van der Waals surface area contributed by atoms with E-state index in [4.69, 9.17) is 0 Å². The number of carbonyl (C=O) groups is 2. The molecule has 8 heteroatoms. The van der Waals surface area contributed by atoms with Crippen molar-refractivity contribution in [1.82, 2.24) is 14.8 Å². The number of amides is 2. The van der Waals surface area contributed by atoms with E-state index in [1.165, 1.54) is 18.7 Å². The summed E-state index contributed by atoms with van der Waals surface area (Å²) in [5, 5.41) is 14.8. The Kier molecular flexibility index (Phi) is 5.85. The van der Waals surface area contributed by atoms with Gasteiger partial charge in [0.1, 0.15) is 5.82 Å². The molecule has 1 atom stereocenters. The Balaban J connectivity index is 1.46. The van der Waals surface area contributed by atoms with Gasteiger partial charge in [0.05, 0.1) is 5.25 Å². The predicted octanol–water partition coefficient (Wildman–Crippen LogP) is 4.22. The van der Waals surface area contributed by atoms with Crippen molar-refractivity contribution in [2.24, 2.45) is 0 Å². The van der Waals surface area contributed by atoms with Crippen LogP contribution in [0.25, 0.3) is 5.69 Å². The summed E-state index contributed by atoms with van der Waals surface area (Å²) >= 11 is 1.39. The molecule has 2 amide bonds. The number of aromatic nitrogens is 3. The van der Waals surface area contributed by atoms with Crippen LogP contribution in [0.4, 0.5) is 11.4 Å². The van der Waals surface area contributed by atoms with E-state index < -0.39 is 0 Å². The smallest absolute Gasteiger partial charge is 0.237 e. The Bertz CT molecular complexity index is 1050. The number of carbonyl (C=O) groups excluding carboxylic acids is 2. The number of para-hydroxylation sites is 1. The number of benzene rings is 2. The Morgan fingerprint density at radius 1 is 1.00 bits per heavy atom. The van der Waals surface area contributed by atoms with Crippen LogP contribution in [0.5, 0.6) is 0 Å². The summed E-state index contributed by atoms with van der Waals surface area (Å²) in [6, 6.07) is 17.0. The van der Waals surface area contributed by atoms with Crippen molar-refractivity contribution < 1.29 is 9.59 Å². The maximum Gasteiger partial charge on any atom is 0.237 e. The molecule has 1 saturated carbocycles. The van der Waals surface area contributed by atoms with Gasteiger partial charge in [-0.2, -0.15) is 0 Å². The molecular formula is C22H23N5O2S.